The molecule has 9 heteroatoms. The van der Waals surface area contributed by atoms with Crippen molar-refractivity contribution in [2.24, 2.45) is 0 Å². The van der Waals surface area contributed by atoms with Crippen molar-refractivity contribution in [2.45, 2.75) is 25.5 Å². The predicted molar refractivity (Wildman–Crippen MR) is 102 cm³/mol. The lowest BCUT2D eigenvalue weighted by Crippen LogP contribution is -2.44. The van der Waals surface area contributed by atoms with Gasteiger partial charge in [-0.2, -0.15) is 0 Å². The van der Waals surface area contributed by atoms with Crippen LogP contribution in [0.3, 0.4) is 0 Å². The molecule has 2 aromatic carbocycles. The van der Waals surface area contributed by atoms with E-state index in [1.165, 1.54) is 0 Å². The molecule has 1 aliphatic rings. The van der Waals surface area contributed by atoms with E-state index in [1.54, 1.807) is 30.3 Å². The molecule has 0 saturated heterocycles. The van der Waals surface area contributed by atoms with Crippen molar-refractivity contribution in [1.29, 1.82) is 0 Å². The second-order valence-corrected chi connectivity index (χ2v) is 6.25. The molecule has 1 heterocycles. The van der Waals surface area contributed by atoms with Gasteiger partial charge in [0.25, 0.3) is 0 Å². The van der Waals surface area contributed by atoms with Crippen molar-refractivity contribution in [3.8, 4) is 11.5 Å². The molecule has 0 saturated carbocycles. The van der Waals surface area contributed by atoms with Crippen LogP contribution in [0.2, 0.25) is 0 Å². The molecule has 9 nitrogen and oxygen atoms in total. The Balaban J connectivity index is 1.59. The predicted octanol–water partition coefficient (Wildman–Crippen LogP) is 2.51. The summed E-state index contributed by atoms with van der Waals surface area (Å²) in [5, 5.41) is 14.0. The Morgan fingerprint density at radius 3 is 2.59 bits per heavy atom. The fourth-order valence-electron chi connectivity index (χ4n) is 2.65. The summed E-state index contributed by atoms with van der Waals surface area (Å²) < 4.78 is 15.6. The number of amides is 2. The van der Waals surface area contributed by atoms with E-state index in [1.807, 2.05) is 18.2 Å². The Hall–Kier alpha value is -3.75. The number of carboxylic acid groups (broad SMARTS) is 1. The lowest BCUT2D eigenvalue weighted by molar-refractivity contribution is -0.137. The number of hydrogen-bond acceptors (Lipinski definition) is 6. The van der Waals surface area contributed by atoms with Crippen LogP contribution in [0.4, 0.5) is 10.5 Å². The highest BCUT2D eigenvalue weighted by atomic mass is 16.7. The molecule has 0 spiro atoms. The first kappa shape index (κ1) is 20.0. The molecule has 0 fully saturated rings. The van der Waals surface area contributed by atoms with E-state index in [2.05, 4.69) is 10.6 Å². The first-order valence-electron chi connectivity index (χ1n) is 8.91. The van der Waals surface area contributed by atoms with Crippen LogP contribution in [0.15, 0.2) is 48.5 Å². The maximum Gasteiger partial charge on any atom is 0.408 e. The number of carbonyl (C=O) groups excluding carboxylic acids is 2. The zero-order valence-corrected chi connectivity index (χ0v) is 15.4. The Kier molecular flexibility index (Phi) is 6.51. The molecule has 152 valence electrons. The van der Waals surface area contributed by atoms with E-state index in [9.17, 15) is 14.4 Å². The maximum atomic E-state index is 12.6. The largest absolute Gasteiger partial charge is 0.481 e. The quantitative estimate of drug-likeness (QED) is 0.622. The van der Waals surface area contributed by atoms with Crippen molar-refractivity contribution < 1.29 is 33.7 Å². The summed E-state index contributed by atoms with van der Waals surface area (Å²) in [4.78, 5) is 35.6. The molecule has 1 aliphatic heterocycles. The summed E-state index contributed by atoms with van der Waals surface area (Å²) in [6, 6.07) is 12.8. The fourth-order valence-corrected chi connectivity index (χ4v) is 2.65. The number of hydrogen-bond donors (Lipinski definition) is 3. The minimum Gasteiger partial charge on any atom is -0.481 e. The Labute approximate surface area is 166 Å². The molecule has 29 heavy (non-hydrogen) atoms. The molecule has 2 aromatic rings. The van der Waals surface area contributed by atoms with Gasteiger partial charge < -0.3 is 30.0 Å². The van der Waals surface area contributed by atoms with E-state index in [-0.39, 0.29) is 26.2 Å². The normalized spacial score (nSPS) is 12.7. The number of anilines is 1. The van der Waals surface area contributed by atoms with Gasteiger partial charge in [-0.1, -0.05) is 30.3 Å². The highest BCUT2D eigenvalue weighted by molar-refractivity contribution is 5.97. The monoisotopic (exact) mass is 400 g/mol. The van der Waals surface area contributed by atoms with E-state index in [0.29, 0.717) is 17.2 Å². The average Bonchev–Trinajstić information content (AvgIpc) is 3.18. The van der Waals surface area contributed by atoms with Crippen LogP contribution in [-0.2, 0) is 20.9 Å². The van der Waals surface area contributed by atoms with Gasteiger partial charge in [-0.25, -0.2) is 4.79 Å². The van der Waals surface area contributed by atoms with Crippen LogP contribution in [0, 0.1) is 0 Å². The standard InChI is InChI=1S/C20H20N2O7/c23-18(24)9-7-15(22-20(26)27-11-13-4-2-1-3-5-13)19(25)21-14-6-8-16-17(10-14)29-12-28-16/h1-6,8,10,15H,7,9,11-12H2,(H,21,25)(H,22,26)(H,23,24). The van der Waals surface area contributed by atoms with E-state index in [4.69, 9.17) is 19.3 Å². The summed E-state index contributed by atoms with van der Waals surface area (Å²) in [5.74, 6) is -0.597. The van der Waals surface area contributed by atoms with E-state index in [0.717, 1.165) is 5.56 Å². The highest BCUT2D eigenvalue weighted by Crippen LogP contribution is 2.34. The third-order valence-corrected chi connectivity index (χ3v) is 4.11. The van der Waals surface area contributed by atoms with E-state index < -0.39 is 24.0 Å². The van der Waals surface area contributed by atoms with Crippen molar-refractivity contribution in [3.05, 3.63) is 54.1 Å². The second kappa shape index (κ2) is 9.45. The first-order chi connectivity index (χ1) is 14.0. The number of alkyl carbamates (subject to hydrolysis) is 1. The first-order valence-corrected chi connectivity index (χ1v) is 8.91. The minimum atomic E-state index is -1.08. The van der Waals surface area contributed by atoms with E-state index >= 15 is 0 Å². The fraction of sp³-hybridized carbons (Fsp3) is 0.250. The zero-order chi connectivity index (χ0) is 20.6. The minimum absolute atomic E-state index is 0.0299. The summed E-state index contributed by atoms with van der Waals surface area (Å²) in [5.41, 5.74) is 1.22. The number of rotatable bonds is 8. The maximum absolute atomic E-state index is 12.6. The van der Waals surface area contributed by atoms with Crippen molar-refractivity contribution in [1.82, 2.24) is 5.32 Å². The molecule has 3 N–H and O–H groups in total. The Bertz CT molecular complexity index is 886. The van der Waals surface area contributed by atoms with Gasteiger partial charge in [0.05, 0.1) is 0 Å². The van der Waals surface area contributed by atoms with Crippen molar-refractivity contribution in [3.63, 3.8) is 0 Å². The summed E-state index contributed by atoms with van der Waals surface area (Å²) in [7, 11) is 0. The number of benzene rings is 2. The molecule has 0 radical (unpaired) electrons. The lowest BCUT2D eigenvalue weighted by atomic mass is 10.1. The van der Waals surface area contributed by atoms with Crippen LogP contribution in [0.1, 0.15) is 18.4 Å². The molecule has 2 amide bonds. The number of carbonyl (C=O) groups is 3. The smallest absolute Gasteiger partial charge is 0.408 e. The third-order valence-electron chi connectivity index (χ3n) is 4.11. The van der Waals surface area contributed by atoms with Gasteiger partial charge in [-0.05, 0) is 24.1 Å². The number of fused-ring (bicyclic) bond motifs is 1. The Morgan fingerprint density at radius 1 is 1.07 bits per heavy atom. The average molecular weight is 400 g/mol. The highest BCUT2D eigenvalue weighted by Gasteiger charge is 2.23. The topological polar surface area (TPSA) is 123 Å². The van der Waals surface area contributed by atoms with Gasteiger partial charge in [0.1, 0.15) is 12.6 Å². The molecule has 1 atom stereocenters. The molecule has 0 bridgehead atoms. The molecule has 1 unspecified atom stereocenters. The van der Waals surface area contributed by atoms with Crippen molar-refractivity contribution in [2.75, 3.05) is 12.1 Å². The van der Waals surface area contributed by atoms with Gasteiger partial charge in [0.15, 0.2) is 11.5 Å². The molecular weight excluding hydrogens is 380 g/mol. The number of ether oxygens (including phenoxy) is 3. The number of nitrogens with one attached hydrogen (secondary N) is 2. The summed E-state index contributed by atoms with van der Waals surface area (Å²) >= 11 is 0. The van der Waals surface area contributed by atoms with Crippen molar-refractivity contribution >= 4 is 23.7 Å². The zero-order valence-electron chi connectivity index (χ0n) is 15.4. The van der Waals surface area contributed by atoms with Crippen LogP contribution in [-0.4, -0.2) is 35.9 Å². The molecular formula is C20H20N2O7. The molecule has 0 aliphatic carbocycles. The number of carboxylic acids is 1. The van der Waals surface area contributed by atoms with Crippen LogP contribution >= 0.6 is 0 Å². The summed E-state index contributed by atoms with van der Waals surface area (Å²) in [6.07, 6.45) is -1.20. The molecule has 3 rings (SSSR count). The van der Waals surface area contributed by atoms with Gasteiger partial charge in [0, 0.05) is 18.2 Å². The van der Waals surface area contributed by atoms with Gasteiger partial charge in [-0.15, -0.1) is 0 Å². The summed E-state index contributed by atoms with van der Waals surface area (Å²) in [6.45, 7) is 0.130. The number of aliphatic carboxylic acids is 1. The SMILES string of the molecule is O=C(O)CCC(NC(=O)OCc1ccccc1)C(=O)Nc1ccc2c(c1)OCO2. The Morgan fingerprint density at radius 2 is 1.83 bits per heavy atom. The van der Waals surface area contributed by atoms with Crippen LogP contribution < -0.4 is 20.1 Å². The van der Waals surface area contributed by atoms with Crippen LogP contribution in [0.25, 0.3) is 0 Å². The van der Waals surface area contributed by atoms with Gasteiger partial charge in [0.2, 0.25) is 12.7 Å². The van der Waals surface area contributed by atoms with Gasteiger partial charge in [-0.3, -0.25) is 9.59 Å². The third kappa shape index (κ3) is 5.86. The molecule has 0 aromatic heterocycles. The second-order valence-electron chi connectivity index (χ2n) is 6.25. The van der Waals surface area contributed by atoms with Crippen LogP contribution in [0.5, 0.6) is 11.5 Å². The van der Waals surface area contributed by atoms with Gasteiger partial charge >= 0.3 is 12.1 Å². The lowest BCUT2D eigenvalue weighted by Gasteiger charge is -2.18.